The highest BCUT2D eigenvalue weighted by molar-refractivity contribution is 7.90. The molecule has 0 fully saturated rings. The van der Waals surface area contributed by atoms with E-state index in [2.05, 4.69) is 4.98 Å². The Labute approximate surface area is 94.4 Å². The van der Waals surface area contributed by atoms with Gasteiger partial charge in [-0.05, 0) is 6.92 Å². The van der Waals surface area contributed by atoms with E-state index in [1.54, 1.807) is 0 Å². The van der Waals surface area contributed by atoms with Crippen LogP contribution in [-0.4, -0.2) is 25.7 Å². The fourth-order valence-corrected chi connectivity index (χ4v) is 3.20. The van der Waals surface area contributed by atoms with Gasteiger partial charge < -0.3 is 5.73 Å². The van der Waals surface area contributed by atoms with Gasteiger partial charge in [0, 0.05) is 23.6 Å². The topological polar surface area (TPSA) is 73.1 Å². The maximum Gasteiger partial charge on any atom is 0.153 e. The van der Waals surface area contributed by atoms with Crippen LogP contribution in [0.4, 0.5) is 0 Å². The Morgan fingerprint density at radius 3 is 2.60 bits per heavy atom. The van der Waals surface area contributed by atoms with Crippen LogP contribution in [0.1, 0.15) is 30.5 Å². The van der Waals surface area contributed by atoms with Crippen molar-refractivity contribution in [1.29, 1.82) is 0 Å². The normalized spacial score (nSPS) is 16.3. The molecule has 0 aliphatic heterocycles. The van der Waals surface area contributed by atoms with Gasteiger partial charge in [-0.1, -0.05) is 6.92 Å². The van der Waals surface area contributed by atoms with Crippen molar-refractivity contribution in [3.05, 3.63) is 16.1 Å². The van der Waals surface area contributed by atoms with E-state index >= 15 is 0 Å². The molecule has 86 valence electrons. The summed E-state index contributed by atoms with van der Waals surface area (Å²) in [5.41, 5.74) is 6.63. The van der Waals surface area contributed by atoms with Crippen LogP contribution in [0.3, 0.4) is 0 Å². The van der Waals surface area contributed by atoms with Crippen LogP contribution < -0.4 is 5.73 Å². The van der Waals surface area contributed by atoms with Gasteiger partial charge in [-0.3, -0.25) is 0 Å². The molecule has 1 aromatic rings. The van der Waals surface area contributed by atoms with E-state index in [0.29, 0.717) is 5.01 Å². The Bertz CT molecular complexity index is 423. The summed E-state index contributed by atoms with van der Waals surface area (Å²) in [6.45, 7) is 3.91. The fourth-order valence-electron chi connectivity index (χ4n) is 1.09. The molecule has 15 heavy (non-hydrogen) atoms. The van der Waals surface area contributed by atoms with Crippen LogP contribution in [0.15, 0.2) is 5.38 Å². The van der Waals surface area contributed by atoms with Crippen molar-refractivity contribution < 1.29 is 8.42 Å². The highest BCUT2D eigenvalue weighted by Gasteiger charge is 2.15. The molecular weight excluding hydrogens is 232 g/mol. The average Bonchev–Trinajstić information content (AvgIpc) is 2.48. The van der Waals surface area contributed by atoms with E-state index in [1.165, 1.54) is 17.6 Å². The minimum atomic E-state index is -2.99. The van der Waals surface area contributed by atoms with Crippen molar-refractivity contribution in [3.63, 3.8) is 0 Å². The van der Waals surface area contributed by atoms with Crippen molar-refractivity contribution >= 4 is 21.2 Å². The van der Waals surface area contributed by atoms with E-state index in [4.69, 9.17) is 5.73 Å². The molecule has 2 unspecified atom stereocenters. The van der Waals surface area contributed by atoms with Crippen molar-refractivity contribution in [2.75, 3.05) is 6.26 Å². The van der Waals surface area contributed by atoms with Gasteiger partial charge in [0.15, 0.2) is 9.84 Å². The molecule has 0 saturated heterocycles. The van der Waals surface area contributed by atoms with Crippen LogP contribution in [-0.2, 0) is 15.6 Å². The van der Waals surface area contributed by atoms with E-state index in [1.807, 2.05) is 19.2 Å². The highest BCUT2D eigenvalue weighted by Crippen LogP contribution is 2.21. The van der Waals surface area contributed by atoms with Gasteiger partial charge in [0.1, 0.15) is 10.8 Å². The number of nitrogens with two attached hydrogens (primary N) is 1. The first-order chi connectivity index (χ1) is 6.79. The van der Waals surface area contributed by atoms with Crippen molar-refractivity contribution in [3.8, 4) is 0 Å². The quantitative estimate of drug-likeness (QED) is 0.867. The molecule has 0 saturated carbocycles. The Hall–Kier alpha value is -0.460. The summed E-state index contributed by atoms with van der Waals surface area (Å²) < 4.78 is 22.1. The predicted molar refractivity (Wildman–Crippen MR) is 62.7 cm³/mol. The first kappa shape index (κ1) is 12.6. The number of hydrogen-bond acceptors (Lipinski definition) is 5. The summed E-state index contributed by atoms with van der Waals surface area (Å²) in [6.07, 6.45) is 1.21. The van der Waals surface area contributed by atoms with Crippen LogP contribution in [0.5, 0.6) is 0 Å². The first-order valence-electron chi connectivity index (χ1n) is 4.67. The van der Waals surface area contributed by atoms with E-state index in [9.17, 15) is 8.42 Å². The smallest absolute Gasteiger partial charge is 0.153 e. The molecule has 0 aromatic carbocycles. The van der Waals surface area contributed by atoms with Gasteiger partial charge in [0.05, 0.1) is 5.69 Å². The van der Waals surface area contributed by atoms with E-state index < -0.39 is 9.84 Å². The second-order valence-corrected chi connectivity index (χ2v) is 6.97. The summed E-state index contributed by atoms with van der Waals surface area (Å²) in [7, 11) is -2.99. The van der Waals surface area contributed by atoms with Gasteiger partial charge in [-0.25, -0.2) is 13.4 Å². The lowest BCUT2D eigenvalue weighted by Crippen LogP contribution is -2.22. The molecule has 0 spiro atoms. The summed E-state index contributed by atoms with van der Waals surface area (Å²) in [5, 5.41) is 2.52. The molecule has 1 rings (SSSR count). The molecule has 1 aromatic heterocycles. The molecule has 6 heteroatoms. The third-order valence-corrected chi connectivity index (χ3v) is 4.06. The summed E-state index contributed by atoms with van der Waals surface area (Å²) in [6, 6.07) is 0.0261. The van der Waals surface area contributed by atoms with Gasteiger partial charge in [-0.15, -0.1) is 11.3 Å². The number of hydrogen-bond donors (Lipinski definition) is 1. The zero-order valence-electron chi connectivity index (χ0n) is 9.10. The maximum atomic E-state index is 11.1. The largest absolute Gasteiger partial charge is 0.327 e. The summed E-state index contributed by atoms with van der Waals surface area (Å²) in [4.78, 5) is 4.28. The molecule has 0 aliphatic rings. The van der Waals surface area contributed by atoms with Crippen LogP contribution in [0.2, 0.25) is 0 Å². The van der Waals surface area contributed by atoms with Gasteiger partial charge in [-0.2, -0.15) is 0 Å². The second kappa shape index (κ2) is 4.59. The minimum Gasteiger partial charge on any atom is -0.327 e. The number of rotatable bonds is 4. The molecule has 2 N–H and O–H groups in total. The molecule has 0 amide bonds. The van der Waals surface area contributed by atoms with E-state index in [0.717, 1.165) is 5.69 Å². The highest BCUT2D eigenvalue weighted by atomic mass is 32.2. The Morgan fingerprint density at radius 1 is 1.53 bits per heavy atom. The Morgan fingerprint density at radius 2 is 2.13 bits per heavy atom. The molecule has 4 nitrogen and oxygen atoms in total. The summed E-state index contributed by atoms with van der Waals surface area (Å²) in [5.74, 6) is 0.179. The van der Waals surface area contributed by atoms with E-state index in [-0.39, 0.29) is 17.7 Å². The molecule has 0 aliphatic carbocycles. The predicted octanol–water partition coefficient (Wildman–Crippen LogP) is 1.14. The SMILES string of the molecule is CC(N)C(C)c1csc(CS(C)(=O)=O)n1. The van der Waals surface area contributed by atoms with Crippen LogP contribution >= 0.6 is 11.3 Å². The lowest BCUT2D eigenvalue weighted by atomic mass is 10.0. The van der Waals surface area contributed by atoms with Crippen molar-refractivity contribution in [2.45, 2.75) is 31.6 Å². The second-order valence-electron chi connectivity index (χ2n) is 3.88. The lowest BCUT2D eigenvalue weighted by molar-refractivity contribution is 0.596. The number of aromatic nitrogens is 1. The average molecular weight is 248 g/mol. The molecule has 1 heterocycles. The standard InChI is InChI=1S/C9H16N2O2S2/c1-6(7(2)10)8-4-14-9(11-8)5-15(3,12)13/h4,6-7H,5,10H2,1-3H3. The number of nitrogens with zero attached hydrogens (tertiary/aromatic N) is 1. The zero-order valence-corrected chi connectivity index (χ0v) is 10.7. The number of sulfone groups is 1. The third kappa shape index (κ3) is 3.89. The third-order valence-electron chi connectivity index (χ3n) is 2.21. The summed E-state index contributed by atoms with van der Waals surface area (Å²) >= 11 is 1.38. The molecule has 0 radical (unpaired) electrons. The minimum absolute atomic E-state index is 0.0172. The lowest BCUT2D eigenvalue weighted by Gasteiger charge is -2.11. The first-order valence-corrected chi connectivity index (χ1v) is 7.61. The van der Waals surface area contributed by atoms with Crippen LogP contribution in [0.25, 0.3) is 0 Å². The maximum absolute atomic E-state index is 11.1. The molecule has 0 bridgehead atoms. The monoisotopic (exact) mass is 248 g/mol. The van der Waals surface area contributed by atoms with Crippen molar-refractivity contribution in [2.24, 2.45) is 5.73 Å². The molecule has 2 atom stereocenters. The van der Waals surface area contributed by atoms with Gasteiger partial charge >= 0.3 is 0 Å². The number of thiazole rings is 1. The van der Waals surface area contributed by atoms with Gasteiger partial charge in [0.2, 0.25) is 0 Å². The Balaban J connectivity index is 2.81. The fraction of sp³-hybridized carbons (Fsp3) is 0.667. The van der Waals surface area contributed by atoms with Crippen molar-refractivity contribution in [1.82, 2.24) is 4.98 Å². The zero-order chi connectivity index (χ0) is 11.6. The molecular formula is C9H16N2O2S2. The Kier molecular flexibility index (Phi) is 3.86. The van der Waals surface area contributed by atoms with Crippen LogP contribution in [0, 0.1) is 0 Å². The van der Waals surface area contributed by atoms with Gasteiger partial charge in [0.25, 0.3) is 0 Å².